The fourth-order valence-corrected chi connectivity index (χ4v) is 2.63. The second kappa shape index (κ2) is 7.25. The largest absolute Gasteiger partial charge is 0.314 e. The van der Waals surface area contributed by atoms with Crippen LogP contribution in [0, 0.1) is 6.92 Å². The highest BCUT2D eigenvalue weighted by molar-refractivity contribution is 5.23. The Balaban J connectivity index is 1.92. The number of hydrogen-bond donors (Lipinski definition) is 1. The lowest BCUT2D eigenvalue weighted by Gasteiger charge is -2.18. The Bertz CT molecular complexity index is 531. The van der Waals surface area contributed by atoms with Crippen molar-refractivity contribution in [2.45, 2.75) is 39.2 Å². The minimum atomic E-state index is 0.530. The Morgan fingerprint density at radius 3 is 2.80 bits per heavy atom. The van der Waals surface area contributed by atoms with Gasteiger partial charge in [0.05, 0.1) is 6.20 Å². The summed E-state index contributed by atoms with van der Waals surface area (Å²) in [5.74, 6) is 0. The Kier molecular flexibility index (Phi) is 5.36. The molecule has 0 aliphatic heterocycles. The molecule has 108 valence electrons. The number of aromatic nitrogens is 2. The summed E-state index contributed by atoms with van der Waals surface area (Å²) in [6.45, 7) is 5.35. The zero-order valence-corrected chi connectivity index (χ0v) is 12.8. The van der Waals surface area contributed by atoms with Gasteiger partial charge in [0.1, 0.15) is 0 Å². The Hall–Kier alpha value is -1.61. The van der Waals surface area contributed by atoms with Crippen LogP contribution < -0.4 is 5.32 Å². The van der Waals surface area contributed by atoms with Crippen molar-refractivity contribution in [3.8, 4) is 0 Å². The van der Waals surface area contributed by atoms with Crippen LogP contribution in [0.3, 0.4) is 0 Å². The van der Waals surface area contributed by atoms with E-state index in [0.717, 1.165) is 25.8 Å². The highest BCUT2D eigenvalue weighted by atomic mass is 15.2. The fraction of sp³-hybridized carbons (Fsp3) is 0.471. The third-order valence-corrected chi connectivity index (χ3v) is 3.60. The van der Waals surface area contributed by atoms with Crippen LogP contribution >= 0.6 is 0 Å². The number of aryl methyl sites for hydroxylation is 3. The second-order valence-electron chi connectivity index (χ2n) is 5.51. The van der Waals surface area contributed by atoms with Crippen LogP contribution in [-0.4, -0.2) is 22.4 Å². The van der Waals surface area contributed by atoms with Crippen molar-refractivity contribution < 1.29 is 0 Å². The average Bonchev–Trinajstić information content (AvgIpc) is 2.82. The molecule has 0 aliphatic rings. The van der Waals surface area contributed by atoms with Crippen LogP contribution in [0.1, 0.15) is 30.0 Å². The summed E-state index contributed by atoms with van der Waals surface area (Å²) < 4.78 is 1.87. The first kappa shape index (κ1) is 14.8. The van der Waals surface area contributed by atoms with E-state index in [4.69, 9.17) is 0 Å². The monoisotopic (exact) mass is 271 g/mol. The molecule has 1 heterocycles. The van der Waals surface area contributed by atoms with Gasteiger partial charge in [-0.1, -0.05) is 36.8 Å². The fourth-order valence-electron chi connectivity index (χ4n) is 2.63. The smallest absolute Gasteiger partial charge is 0.0521 e. The lowest BCUT2D eigenvalue weighted by Crippen LogP contribution is -2.31. The first-order valence-corrected chi connectivity index (χ1v) is 7.44. The lowest BCUT2D eigenvalue weighted by atomic mass is 9.99. The van der Waals surface area contributed by atoms with E-state index < -0.39 is 0 Å². The molecule has 20 heavy (non-hydrogen) atoms. The van der Waals surface area contributed by atoms with E-state index in [2.05, 4.69) is 54.7 Å². The Morgan fingerprint density at radius 2 is 2.15 bits per heavy atom. The SMILES string of the molecule is CCNC(CCc1cnn(C)c1)Cc1cccc(C)c1. The maximum absolute atomic E-state index is 4.23. The molecule has 1 N–H and O–H groups in total. The summed E-state index contributed by atoms with van der Waals surface area (Å²) in [5.41, 5.74) is 4.08. The summed E-state index contributed by atoms with van der Waals surface area (Å²) in [6.07, 6.45) is 7.39. The molecular weight excluding hydrogens is 246 g/mol. The van der Waals surface area contributed by atoms with E-state index in [0.29, 0.717) is 6.04 Å². The zero-order chi connectivity index (χ0) is 14.4. The zero-order valence-electron chi connectivity index (χ0n) is 12.8. The quantitative estimate of drug-likeness (QED) is 0.839. The van der Waals surface area contributed by atoms with Gasteiger partial charge in [-0.2, -0.15) is 5.10 Å². The van der Waals surface area contributed by atoms with Gasteiger partial charge in [-0.3, -0.25) is 4.68 Å². The summed E-state index contributed by atoms with van der Waals surface area (Å²) in [6, 6.07) is 9.34. The van der Waals surface area contributed by atoms with Crippen molar-refractivity contribution >= 4 is 0 Å². The van der Waals surface area contributed by atoms with Crippen LogP contribution in [0.5, 0.6) is 0 Å². The van der Waals surface area contributed by atoms with E-state index in [1.165, 1.54) is 16.7 Å². The number of benzene rings is 1. The first-order chi connectivity index (χ1) is 9.67. The molecule has 3 nitrogen and oxygen atoms in total. The van der Waals surface area contributed by atoms with Crippen LogP contribution in [0.4, 0.5) is 0 Å². The molecule has 0 spiro atoms. The van der Waals surface area contributed by atoms with Crippen molar-refractivity contribution in [2.75, 3.05) is 6.54 Å². The van der Waals surface area contributed by atoms with E-state index in [-0.39, 0.29) is 0 Å². The summed E-state index contributed by atoms with van der Waals surface area (Å²) >= 11 is 0. The Labute approximate surface area is 122 Å². The molecule has 1 atom stereocenters. The molecule has 2 aromatic rings. The third-order valence-electron chi connectivity index (χ3n) is 3.60. The third kappa shape index (κ3) is 4.49. The highest BCUT2D eigenvalue weighted by Crippen LogP contribution is 2.11. The number of rotatable bonds is 7. The number of nitrogens with one attached hydrogen (secondary N) is 1. The highest BCUT2D eigenvalue weighted by Gasteiger charge is 2.09. The molecule has 0 fully saturated rings. The molecule has 0 radical (unpaired) electrons. The summed E-state index contributed by atoms with van der Waals surface area (Å²) in [7, 11) is 1.97. The molecule has 0 bridgehead atoms. The number of likely N-dealkylation sites (N-methyl/N-ethyl adjacent to an activating group) is 1. The molecule has 0 aliphatic carbocycles. The second-order valence-corrected chi connectivity index (χ2v) is 5.51. The molecule has 0 amide bonds. The van der Waals surface area contributed by atoms with Gasteiger partial charge < -0.3 is 5.32 Å². The molecule has 2 rings (SSSR count). The minimum Gasteiger partial charge on any atom is -0.314 e. The maximum Gasteiger partial charge on any atom is 0.0521 e. The van der Waals surface area contributed by atoms with Gasteiger partial charge in [0.2, 0.25) is 0 Å². The predicted octanol–water partition coefficient (Wildman–Crippen LogP) is 2.88. The van der Waals surface area contributed by atoms with Crippen LogP contribution in [0.2, 0.25) is 0 Å². The standard InChI is InChI=1S/C17H25N3/c1-4-18-17(9-8-16-12-19-20(3)13-16)11-15-7-5-6-14(2)10-15/h5-7,10,12-13,17-18H,4,8-9,11H2,1-3H3. The van der Waals surface area contributed by atoms with Gasteiger partial charge in [-0.15, -0.1) is 0 Å². The van der Waals surface area contributed by atoms with Gasteiger partial charge in [0, 0.05) is 19.3 Å². The van der Waals surface area contributed by atoms with Crippen molar-refractivity contribution in [1.29, 1.82) is 0 Å². The van der Waals surface area contributed by atoms with Crippen molar-refractivity contribution in [3.63, 3.8) is 0 Å². The van der Waals surface area contributed by atoms with E-state index in [9.17, 15) is 0 Å². The van der Waals surface area contributed by atoms with E-state index >= 15 is 0 Å². The van der Waals surface area contributed by atoms with Crippen molar-refractivity contribution in [3.05, 3.63) is 53.3 Å². The topological polar surface area (TPSA) is 29.9 Å². The van der Waals surface area contributed by atoms with Crippen molar-refractivity contribution in [1.82, 2.24) is 15.1 Å². The van der Waals surface area contributed by atoms with E-state index in [1.54, 1.807) is 0 Å². The van der Waals surface area contributed by atoms with Crippen LogP contribution in [0.25, 0.3) is 0 Å². The average molecular weight is 271 g/mol. The van der Waals surface area contributed by atoms with Crippen LogP contribution in [-0.2, 0) is 19.9 Å². The first-order valence-electron chi connectivity index (χ1n) is 7.44. The molecule has 1 unspecified atom stereocenters. The van der Waals surface area contributed by atoms with Crippen LogP contribution in [0.15, 0.2) is 36.7 Å². The lowest BCUT2D eigenvalue weighted by molar-refractivity contribution is 0.491. The maximum atomic E-state index is 4.23. The van der Waals surface area contributed by atoms with Gasteiger partial charge in [0.25, 0.3) is 0 Å². The van der Waals surface area contributed by atoms with E-state index in [1.807, 2.05) is 17.9 Å². The molecule has 3 heteroatoms. The van der Waals surface area contributed by atoms with Crippen molar-refractivity contribution in [2.24, 2.45) is 7.05 Å². The molecule has 1 aromatic carbocycles. The van der Waals surface area contributed by atoms with Gasteiger partial charge >= 0.3 is 0 Å². The van der Waals surface area contributed by atoms with Gasteiger partial charge in [0.15, 0.2) is 0 Å². The number of hydrogen-bond acceptors (Lipinski definition) is 2. The summed E-state index contributed by atoms with van der Waals surface area (Å²) in [4.78, 5) is 0. The number of nitrogens with zero attached hydrogens (tertiary/aromatic N) is 2. The van der Waals surface area contributed by atoms with Gasteiger partial charge in [-0.25, -0.2) is 0 Å². The molecular formula is C17H25N3. The molecule has 1 aromatic heterocycles. The molecule has 0 saturated heterocycles. The molecule has 0 saturated carbocycles. The minimum absolute atomic E-state index is 0.530. The van der Waals surface area contributed by atoms with Gasteiger partial charge in [-0.05, 0) is 43.9 Å². The predicted molar refractivity (Wildman–Crippen MR) is 83.9 cm³/mol. The summed E-state index contributed by atoms with van der Waals surface area (Å²) in [5, 5.41) is 7.83. The Morgan fingerprint density at radius 1 is 1.30 bits per heavy atom. The normalized spacial score (nSPS) is 12.6.